The Morgan fingerprint density at radius 2 is 2.24 bits per heavy atom. The van der Waals surface area contributed by atoms with Crippen LogP contribution in [0.5, 0.6) is 5.75 Å². The van der Waals surface area contributed by atoms with Gasteiger partial charge in [-0.15, -0.1) is 0 Å². The van der Waals surface area contributed by atoms with Crippen LogP contribution in [-0.2, 0) is 0 Å². The van der Waals surface area contributed by atoms with Crippen LogP contribution in [0.4, 0.5) is 4.39 Å². The molecule has 0 spiro atoms. The molecule has 0 saturated carbocycles. The van der Waals surface area contributed by atoms with Gasteiger partial charge in [-0.1, -0.05) is 0 Å². The van der Waals surface area contributed by atoms with Crippen LogP contribution in [0.25, 0.3) is 5.69 Å². The Labute approximate surface area is 97.9 Å². The summed E-state index contributed by atoms with van der Waals surface area (Å²) >= 11 is 0. The molecule has 0 fully saturated rings. The van der Waals surface area contributed by atoms with E-state index in [4.69, 9.17) is 10.00 Å². The van der Waals surface area contributed by atoms with Crippen molar-refractivity contribution in [3.05, 3.63) is 41.7 Å². The van der Waals surface area contributed by atoms with Gasteiger partial charge in [-0.3, -0.25) is 0 Å². The minimum absolute atomic E-state index is 0.0214. The van der Waals surface area contributed by atoms with Gasteiger partial charge in [0.05, 0.1) is 12.8 Å². The molecule has 0 amide bonds. The van der Waals surface area contributed by atoms with Crippen LogP contribution in [0, 0.1) is 24.1 Å². The summed E-state index contributed by atoms with van der Waals surface area (Å²) in [6, 6.07) is 4.65. The van der Waals surface area contributed by atoms with Gasteiger partial charge in [-0.2, -0.15) is 5.26 Å². The Hall–Kier alpha value is -2.35. The van der Waals surface area contributed by atoms with E-state index in [1.165, 1.54) is 13.2 Å². The molecule has 0 atom stereocenters. The van der Waals surface area contributed by atoms with E-state index in [1.807, 2.05) is 6.07 Å². The van der Waals surface area contributed by atoms with Gasteiger partial charge in [0.25, 0.3) is 0 Å². The zero-order valence-electron chi connectivity index (χ0n) is 9.44. The van der Waals surface area contributed by atoms with Gasteiger partial charge >= 0.3 is 0 Å². The highest BCUT2D eigenvalue weighted by Crippen LogP contribution is 2.24. The van der Waals surface area contributed by atoms with Crippen LogP contribution in [0.3, 0.4) is 0 Å². The first kappa shape index (κ1) is 11.1. The largest absolute Gasteiger partial charge is 0.497 e. The maximum absolute atomic E-state index is 13.7. The summed E-state index contributed by atoms with van der Waals surface area (Å²) in [5, 5.41) is 8.99. The molecule has 1 heterocycles. The van der Waals surface area contributed by atoms with E-state index >= 15 is 0 Å². The Morgan fingerprint density at radius 1 is 1.47 bits per heavy atom. The number of nitrogens with zero attached hydrogens (tertiary/aromatic N) is 3. The summed E-state index contributed by atoms with van der Waals surface area (Å²) in [4.78, 5) is 4.04. The smallest absolute Gasteiger partial charge is 0.146 e. The van der Waals surface area contributed by atoms with Gasteiger partial charge < -0.3 is 9.30 Å². The Kier molecular flexibility index (Phi) is 2.79. The van der Waals surface area contributed by atoms with E-state index in [0.29, 0.717) is 17.3 Å². The Balaban J connectivity index is 2.72. The van der Waals surface area contributed by atoms with Gasteiger partial charge in [0.1, 0.15) is 29.0 Å². The molecule has 1 aromatic carbocycles. The fourth-order valence-corrected chi connectivity index (χ4v) is 1.62. The summed E-state index contributed by atoms with van der Waals surface area (Å²) in [6.07, 6.45) is 3.26. The molecule has 5 heteroatoms. The molecule has 0 N–H and O–H groups in total. The topological polar surface area (TPSA) is 50.8 Å². The Morgan fingerprint density at radius 3 is 2.76 bits per heavy atom. The number of aryl methyl sites for hydroxylation is 1. The molecule has 0 aliphatic heterocycles. The van der Waals surface area contributed by atoms with Gasteiger partial charge in [0.15, 0.2) is 0 Å². The third-order valence-corrected chi connectivity index (χ3v) is 2.48. The van der Waals surface area contributed by atoms with Crippen molar-refractivity contribution >= 4 is 0 Å². The van der Waals surface area contributed by atoms with E-state index in [1.54, 1.807) is 30.0 Å². The minimum atomic E-state index is -0.602. The zero-order valence-corrected chi connectivity index (χ0v) is 9.44. The van der Waals surface area contributed by atoms with E-state index in [2.05, 4.69) is 4.98 Å². The number of nitriles is 1. The lowest BCUT2D eigenvalue weighted by molar-refractivity contribution is 0.411. The number of imidazole rings is 1. The molecule has 0 saturated heterocycles. The molecular weight excluding hydrogens is 221 g/mol. The number of halogens is 1. The second-order valence-electron chi connectivity index (χ2n) is 3.46. The van der Waals surface area contributed by atoms with E-state index in [-0.39, 0.29) is 5.56 Å². The van der Waals surface area contributed by atoms with Crippen molar-refractivity contribution in [2.24, 2.45) is 0 Å². The molecule has 17 heavy (non-hydrogen) atoms. The first-order valence-electron chi connectivity index (χ1n) is 4.95. The molecule has 2 aromatic rings. The van der Waals surface area contributed by atoms with Crippen LogP contribution in [0.2, 0.25) is 0 Å². The van der Waals surface area contributed by atoms with Gasteiger partial charge in [0.2, 0.25) is 0 Å². The lowest BCUT2D eigenvalue weighted by Gasteiger charge is -2.10. The predicted molar refractivity (Wildman–Crippen MR) is 59.5 cm³/mol. The summed E-state index contributed by atoms with van der Waals surface area (Å²) in [7, 11) is 1.45. The molecule has 0 aliphatic carbocycles. The maximum atomic E-state index is 13.7. The van der Waals surface area contributed by atoms with Gasteiger partial charge in [-0.05, 0) is 6.92 Å². The predicted octanol–water partition coefficient (Wildman–Crippen LogP) is 2.20. The van der Waals surface area contributed by atoms with Crippen LogP contribution >= 0.6 is 0 Å². The number of ether oxygens (including phenoxy) is 1. The van der Waals surface area contributed by atoms with Crippen molar-refractivity contribution < 1.29 is 9.13 Å². The van der Waals surface area contributed by atoms with Crippen molar-refractivity contribution in [2.75, 3.05) is 7.11 Å². The molecule has 0 radical (unpaired) electrons. The summed E-state index contributed by atoms with van der Waals surface area (Å²) < 4.78 is 20.3. The van der Waals surface area contributed by atoms with Crippen molar-refractivity contribution in [1.82, 2.24) is 9.55 Å². The lowest BCUT2D eigenvalue weighted by Crippen LogP contribution is -2.02. The van der Waals surface area contributed by atoms with Gasteiger partial charge in [0, 0.05) is 24.5 Å². The molecular formula is C12H10FN3O. The molecule has 1 aromatic heterocycles. The number of methoxy groups -OCH3 is 1. The summed E-state index contributed by atoms with van der Waals surface area (Å²) in [5.41, 5.74) is 0.409. The fourth-order valence-electron chi connectivity index (χ4n) is 1.62. The number of aromatic nitrogens is 2. The first-order valence-corrected chi connectivity index (χ1v) is 4.95. The van der Waals surface area contributed by atoms with Crippen molar-refractivity contribution in [1.29, 1.82) is 5.26 Å². The summed E-state index contributed by atoms with van der Waals surface area (Å²) in [5.74, 6) is 0.439. The quantitative estimate of drug-likeness (QED) is 0.796. The number of benzene rings is 1. The molecule has 0 aliphatic rings. The average molecular weight is 231 g/mol. The van der Waals surface area contributed by atoms with Crippen LogP contribution in [0.15, 0.2) is 24.5 Å². The summed E-state index contributed by atoms with van der Waals surface area (Å²) in [6.45, 7) is 1.78. The number of rotatable bonds is 2. The van der Waals surface area contributed by atoms with E-state index < -0.39 is 5.82 Å². The maximum Gasteiger partial charge on any atom is 0.146 e. The van der Waals surface area contributed by atoms with Crippen molar-refractivity contribution in [2.45, 2.75) is 6.92 Å². The normalized spacial score (nSPS) is 10.0. The molecule has 0 unspecified atom stereocenters. The first-order chi connectivity index (χ1) is 8.17. The third kappa shape index (κ3) is 1.85. The van der Waals surface area contributed by atoms with Crippen LogP contribution in [0.1, 0.15) is 11.4 Å². The molecule has 0 bridgehead atoms. The van der Waals surface area contributed by atoms with E-state index in [9.17, 15) is 4.39 Å². The van der Waals surface area contributed by atoms with E-state index in [0.717, 1.165) is 0 Å². The molecule has 86 valence electrons. The highest BCUT2D eigenvalue weighted by Gasteiger charge is 2.13. The Bertz CT molecular complexity index is 598. The highest BCUT2D eigenvalue weighted by atomic mass is 19.1. The highest BCUT2D eigenvalue weighted by molar-refractivity contribution is 5.54. The van der Waals surface area contributed by atoms with Crippen LogP contribution in [-0.4, -0.2) is 16.7 Å². The monoisotopic (exact) mass is 231 g/mol. The fraction of sp³-hybridized carbons (Fsp3) is 0.167. The second kappa shape index (κ2) is 4.26. The number of hydrogen-bond donors (Lipinski definition) is 0. The lowest BCUT2D eigenvalue weighted by atomic mass is 10.1. The third-order valence-electron chi connectivity index (χ3n) is 2.48. The standard InChI is InChI=1S/C12H10FN3O/c1-8-15-3-4-16(8)12-6-9(17-2)5-11(13)10(12)7-14/h3-6H,1-2H3. The second-order valence-corrected chi connectivity index (χ2v) is 3.46. The average Bonchev–Trinajstić information content (AvgIpc) is 2.74. The molecule has 2 rings (SSSR count). The van der Waals surface area contributed by atoms with Crippen LogP contribution < -0.4 is 4.74 Å². The zero-order chi connectivity index (χ0) is 12.4. The molecule has 4 nitrogen and oxygen atoms in total. The minimum Gasteiger partial charge on any atom is -0.497 e. The number of hydrogen-bond acceptors (Lipinski definition) is 3. The van der Waals surface area contributed by atoms with Crippen molar-refractivity contribution in [3.63, 3.8) is 0 Å². The van der Waals surface area contributed by atoms with Crippen molar-refractivity contribution in [3.8, 4) is 17.5 Å². The van der Waals surface area contributed by atoms with Gasteiger partial charge in [-0.25, -0.2) is 9.37 Å². The SMILES string of the molecule is COc1cc(F)c(C#N)c(-n2ccnc2C)c1.